The number of carboxylic acids is 1. The number of hydrogen-bond donors (Lipinski definition) is 3. The molecule has 0 radical (unpaired) electrons. The molecule has 2 aromatic rings. The number of nitrogens with two attached hydrogens (primary N) is 1. The van der Waals surface area contributed by atoms with Crippen LogP contribution in [0.5, 0.6) is 5.75 Å². The summed E-state index contributed by atoms with van der Waals surface area (Å²) < 4.78 is 0. The van der Waals surface area contributed by atoms with Crippen molar-refractivity contribution in [3.8, 4) is 5.75 Å². The Morgan fingerprint density at radius 2 is 1.86 bits per heavy atom. The fourth-order valence-corrected chi connectivity index (χ4v) is 3.45. The smallest absolute Gasteiger partial charge is 0.335 e. The van der Waals surface area contributed by atoms with Crippen LogP contribution in [-0.2, 0) is 9.59 Å². The van der Waals surface area contributed by atoms with Gasteiger partial charge in [-0.25, -0.2) is 9.69 Å². The first-order valence-electron chi connectivity index (χ1n) is 8.38. The minimum absolute atomic E-state index is 0.00843. The van der Waals surface area contributed by atoms with Gasteiger partial charge in [-0.1, -0.05) is 23.9 Å². The number of aromatic hydroxyl groups is 1. The number of anilines is 1. The van der Waals surface area contributed by atoms with E-state index in [1.807, 2.05) is 0 Å². The summed E-state index contributed by atoms with van der Waals surface area (Å²) in [7, 11) is 0. The Morgan fingerprint density at radius 1 is 1.17 bits per heavy atom. The topological polar surface area (TPSA) is 146 Å². The largest absolute Gasteiger partial charge is 0.507 e. The van der Waals surface area contributed by atoms with Crippen molar-refractivity contribution in [1.82, 2.24) is 0 Å². The molecule has 2 aromatic carbocycles. The lowest BCUT2D eigenvalue weighted by Crippen LogP contribution is -2.31. The molecule has 1 aliphatic heterocycles. The molecule has 148 valence electrons. The van der Waals surface area contributed by atoms with Gasteiger partial charge >= 0.3 is 5.97 Å². The van der Waals surface area contributed by atoms with Gasteiger partial charge in [-0.15, -0.1) is 5.10 Å². The van der Waals surface area contributed by atoms with Crippen molar-refractivity contribution >= 4 is 46.6 Å². The first kappa shape index (κ1) is 20.1. The van der Waals surface area contributed by atoms with Gasteiger partial charge in [0.05, 0.1) is 17.5 Å². The summed E-state index contributed by atoms with van der Waals surface area (Å²) in [6.45, 7) is 0. The van der Waals surface area contributed by atoms with Crippen LogP contribution in [0.1, 0.15) is 22.3 Å². The Bertz CT molecular complexity index is 1020. The summed E-state index contributed by atoms with van der Waals surface area (Å²) in [5.41, 5.74) is 6.59. The molecule has 1 saturated heterocycles. The van der Waals surface area contributed by atoms with Crippen LogP contribution in [0.25, 0.3) is 0 Å². The quantitative estimate of drug-likeness (QED) is 0.294. The maximum absolute atomic E-state index is 12.6. The van der Waals surface area contributed by atoms with Crippen molar-refractivity contribution in [2.75, 3.05) is 4.90 Å². The number of rotatable bonds is 5. The zero-order valence-electron chi connectivity index (χ0n) is 14.9. The van der Waals surface area contributed by atoms with Gasteiger partial charge in [0.15, 0.2) is 5.17 Å². The number of phenolic OH excluding ortho intramolecular Hbond substituents is 1. The number of phenols is 1. The van der Waals surface area contributed by atoms with E-state index >= 15 is 0 Å². The first-order chi connectivity index (χ1) is 13.9. The summed E-state index contributed by atoms with van der Waals surface area (Å²) in [5, 5.41) is 25.4. The molecule has 3 rings (SSSR count). The van der Waals surface area contributed by atoms with Crippen LogP contribution in [0.2, 0.25) is 0 Å². The second-order valence-corrected chi connectivity index (χ2v) is 7.19. The maximum atomic E-state index is 12.6. The number of para-hydroxylation sites is 1. The number of imide groups is 1. The van der Waals surface area contributed by atoms with Gasteiger partial charge in [-0.05, 0) is 36.4 Å². The van der Waals surface area contributed by atoms with E-state index in [1.54, 1.807) is 18.2 Å². The standard InChI is InChI=1S/C19H16N4O5S/c20-19(22-21-10-12-3-1-2-4-14(12)24)29-15-9-16(25)23(17(15)26)13-7-5-11(6-8-13)18(27)28/h1-8,10,15,24H,9H2,(H2,20,22)(H,27,28)/b21-10+. The third-order valence-corrected chi connectivity index (χ3v) is 5.01. The highest BCUT2D eigenvalue weighted by molar-refractivity contribution is 8.14. The van der Waals surface area contributed by atoms with E-state index in [0.717, 1.165) is 16.7 Å². The normalized spacial score (nSPS) is 17.3. The highest BCUT2D eigenvalue weighted by Crippen LogP contribution is 2.30. The molecule has 0 saturated carbocycles. The average molecular weight is 412 g/mol. The number of carboxylic acid groups (broad SMARTS) is 1. The Morgan fingerprint density at radius 3 is 2.52 bits per heavy atom. The summed E-state index contributed by atoms with van der Waals surface area (Å²) in [4.78, 5) is 36.8. The molecule has 1 fully saturated rings. The van der Waals surface area contributed by atoms with Crippen molar-refractivity contribution in [1.29, 1.82) is 0 Å². The van der Waals surface area contributed by atoms with Gasteiger partial charge in [0.25, 0.3) is 0 Å². The predicted octanol–water partition coefficient (Wildman–Crippen LogP) is 1.80. The van der Waals surface area contributed by atoms with Crippen LogP contribution in [0.15, 0.2) is 58.7 Å². The van der Waals surface area contributed by atoms with Gasteiger partial charge in [-0.3, -0.25) is 9.59 Å². The van der Waals surface area contributed by atoms with Gasteiger partial charge in [0.2, 0.25) is 11.8 Å². The Balaban J connectivity index is 1.67. The molecule has 9 nitrogen and oxygen atoms in total. The highest BCUT2D eigenvalue weighted by Gasteiger charge is 2.40. The number of hydrogen-bond acceptors (Lipinski definition) is 7. The summed E-state index contributed by atoms with van der Waals surface area (Å²) in [5.74, 6) is -1.94. The number of amides is 2. The third-order valence-electron chi connectivity index (χ3n) is 4.03. The molecule has 0 spiro atoms. The Labute approximate surface area is 169 Å². The summed E-state index contributed by atoms with van der Waals surface area (Å²) in [6.07, 6.45) is 1.25. The minimum atomic E-state index is -1.10. The van der Waals surface area contributed by atoms with Crippen LogP contribution >= 0.6 is 11.8 Å². The molecule has 2 amide bonds. The molecular weight excluding hydrogens is 396 g/mol. The third kappa shape index (κ3) is 4.61. The molecule has 1 unspecified atom stereocenters. The van der Waals surface area contributed by atoms with E-state index in [1.165, 1.54) is 36.5 Å². The molecule has 1 atom stereocenters. The molecule has 29 heavy (non-hydrogen) atoms. The fourth-order valence-electron chi connectivity index (χ4n) is 2.63. The van der Waals surface area contributed by atoms with Gasteiger partial charge < -0.3 is 15.9 Å². The summed E-state index contributed by atoms with van der Waals surface area (Å²) in [6, 6.07) is 12.0. The number of benzene rings is 2. The number of amidine groups is 1. The number of thioether (sulfide) groups is 1. The second kappa shape index (κ2) is 8.57. The molecule has 1 heterocycles. The second-order valence-electron chi connectivity index (χ2n) is 5.97. The van der Waals surface area contributed by atoms with Crippen molar-refractivity contribution in [3.63, 3.8) is 0 Å². The van der Waals surface area contributed by atoms with Crippen LogP contribution in [-0.4, -0.2) is 44.6 Å². The maximum Gasteiger partial charge on any atom is 0.335 e. The monoisotopic (exact) mass is 412 g/mol. The molecule has 0 bridgehead atoms. The van der Waals surface area contributed by atoms with Crippen molar-refractivity contribution in [2.45, 2.75) is 11.7 Å². The molecule has 4 N–H and O–H groups in total. The van der Waals surface area contributed by atoms with Gasteiger partial charge in [0.1, 0.15) is 11.0 Å². The number of aromatic carboxylic acids is 1. The van der Waals surface area contributed by atoms with E-state index < -0.39 is 23.0 Å². The zero-order valence-corrected chi connectivity index (χ0v) is 15.7. The first-order valence-corrected chi connectivity index (χ1v) is 9.26. The predicted molar refractivity (Wildman–Crippen MR) is 109 cm³/mol. The van der Waals surface area contributed by atoms with E-state index in [0.29, 0.717) is 11.3 Å². The number of carbonyl (C=O) groups excluding carboxylic acids is 2. The van der Waals surface area contributed by atoms with E-state index in [-0.39, 0.29) is 22.9 Å². The van der Waals surface area contributed by atoms with Crippen LogP contribution < -0.4 is 10.6 Å². The van der Waals surface area contributed by atoms with Crippen molar-refractivity contribution in [2.24, 2.45) is 15.9 Å². The molecule has 10 heteroatoms. The Kier molecular flexibility index (Phi) is 5.93. The van der Waals surface area contributed by atoms with Gasteiger partial charge in [-0.2, -0.15) is 5.10 Å². The molecule has 0 aliphatic carbocycles. The van der Waals surface area contributed by atoms with Crippen LogP contribution in [0.4, 0.5) is 5.69 Å². The SMILES string of the molecule is NC(=N/N=C/c1ccccc1O)SC1CC(=O)N(c2ccc(C(=O)O)cc2)C1=O. The molecular formula is C19H16N4O5S. The number of nitrogens with zero attached hydrogens (tertiary/aromatic N) is 3. The van der Waals surface area contributed by atoms with E-state index in [2.05, 4.69) is 10.2 Å². The van der Waals surface area contributed by atoms with Crippen molar-refractivity contribution < 1.29 is 24.6 Å². The van der Waals surface area contributed by atoms with E-state index in [4.69, 9.17) is 10.8 Å². The van der Waals surface area contributed by atoms with Crippen molar-refractivity contribution in [3.05, 3.63) is 59.7 Å². The summed E-state index contributed by atoms with van der Waals surface area (Å²) >= 11 is 0.910. The molecule has 1 aliphatic rings. The zero-order chi connectivity index (χ0) is 21.0. The highest BCUT2D eigenvalue weighted by atomic mass is 32.2. The fraction of sp³-hybridized carbons (Fsp3) is 0.105. The minimum Gasteiger partial charge on any atom is -0.507 e. The average Bonchev–Trinajstić information content (AvgIpc) is 2.96. The van der Waals surface area contributed by atoms with E-state index in [9.17, 15) is 19.5 Å². The van der Waals surface area contributed by atoms with Gasteiger partial charge in [0, 0.05) is 12.0 Å². The molecule has 0 aromatic heterocycles. The lowest BCUT2D eigenvalue weighted by Gasteiger charge is -2.14. The van der Waals surface area contributed by atoms with Crippen LogP contribution in [0, 0.1) is 0 Å². The lowest BCUT2D eigenvalue weighted by atomic mass is 10.2. The lowest BCUT2D eigenvalue weighted by molar-refractivity contribution is -0.121. The Hall–Kier alpha value is -3.66. The number of carbonyl (C=O) groups is 3. The van der Waals surface area contributed by atoms with Crippen LogP contribution in [0.3, 0.4) is 0 Å².